The molecule has 0 saturated heterocycles. The molecular formula is C22H24FN3O3. The Morgan fingerprint density at radius 3 is 2.41 bits per heavy atom. The van der Waals surface area contributed by atoms with E-state index in [0.717, 1.165) is 11.3 Å². The van der Waals surface area contributed by atoms with Gasteiger partial charge in [-0.1, -0.05) is 17.3 Å². The van der Waals surface area contributed by atoms with Crippen LogP contribution in [-0.2, 0) is 0 Å². The molecule has 2 aromatic carbocycles. The molecule has 1 N–H and O–H groups in total. The summed E-state index contributed by atoms with van der Waals surface area (Å²) in [5.74, 6) is 0.545. The van der Waals surface area contributed by atoms with Gasteiger partial charge in [0, 0.05) is 12.1 Å². The Morgan fingerprint density at radius 1 is 1.17 bits per heavy atom. The molecule has 0 aliphatic carbocycles. The molecule has 3 rings (SSSR count). The lowest BCUT2D eigenvalue weighted by molar-refractivity contribution is 0.0941. The zero-order valence-corrected chi connectivity index (χ0v) is 16.9. The number of nitrogens with one attached hydrogen (secondary N) is 1. The van der Waals surface area contributed by atoms with Crippen molar-refractivity contribution in [1.82, 2.24) is 15.4 Å². The van der Waals surface area contributed by atoms with Gasteiger partial charge in [-0.25, -0.2) is 4.39 Å². The molecular weight excluding hydrogens is 373 g/mol. The van der Waals surface area contributed by atoms with Crippen LogP contribution < -0.4 is 10.1 Å². The third-order valence-electron chi connectivity index (χ3n) is 4.79. The SMILES string of the molecule is COc1ccc([C@H](CNC(=O)c2c(-c3ccc(F)cc3)noc2C)N(C)C)cc1. The van der Waals surface area contributed by atoms with Crippen LogP contribution in [0.15, 0.2) is 53.1 Å². The topological polar surface area (TPSA) is 67.6 Å². The van der Waals surface area contributed by atoms with E-state index in [1.54, 1.807) is 26.2 Å². The van der Waals surface area contributed by atoms with Gasteiger partial charge in [0.2, 0.25) is 0 Å². The van der Waals surface area contributed by atoms with Gasteiger partial charge in [-0.15, -0.1) is 0 Å². The molecule has 0 saturated carbocycles. The summed E-state index contributed by atoms with van der Waals surface area (Å²) in [5.41, 5.74) is 2.42. The van der Waals surface area contributed by atoms with Gasteiger partial charge in [0.1, 0.15) is 28.6 Å². The van der Waals surface area contributed by atoms with Crippen molar-refractivity contribution in [3.8, 4) is 17.0 Å². The molecule has 1 heterocycles. The average Bonchev–Trinajstić information content (AvgIpc) is 3.10. The van der Waals surface area contributed by atoms with Crippen molar-refractivity contribution in [3.63, 3.8) is 0 Å². The number of aryl methyl sites for hydroxylation is 1. The van der Waals surface area contributed by atoms with Crippen LogP contribution in [0.4, 0.5) is 4.39 Å². The molecule has 0 spiro atoms. The minimum absolute atomic E-state index is 0.0284. The maximum atomic E-state index is 13.2. The lowest BCUT2D eigenvalue weighted by Gasteiger charge is -2.25. The van der Waals surface area contributed by atoms with Crippen molar-refractivity contribution < 1.29 is 18.4 Å². The second-order valence-corrected chi connectivity index (χ2v) is 6.93. The van der Waals surface area contributed by atoms with Crippen LogP contribution in [0.25, 0.3) is 11.3 Å². The number of amides is 1. The van der Waals surface area contributed by atoms with Gasteiger partial charge >= 0.3 is 0 Å². The number of nitrogens with zero attached hydrogens (tertiary/aromatic N) is 2. The van der Waals surface area contributed by atoms with E-state index in [9.17, 15) is 9.18 Å². The first kappa shape index (κ1) is 20.5. The molecule has 3 aromatic rings. The molecule has 1 atom stereocenters. The van der Waals surface area contributed by atoms with Gasteiger partial charge in [-0.3, -0.25) is 4.79 Å². The van der Waals surface area contributed by atoms with Crippen LogP contribution in [0.1, 0.15) is 27.7 Å². The van der Waals surface area contributed by atoms with Gasteiger partial charge in [0.05, 0.1) is 13.2 Å². The molecule has 0 unspecified atom stereocenters. The molecule has 0 radical (unpaired) electrons. The first-order chi connectivity index (χ1) is 13.9. The van der Waals surface area contributed by atoms with Crippen LogP contribution in [-0.4, -0.2) is 43.7 Å². The van der Waals surface area contributed by atoms with E-state index in [1.165, 1.54) is 12.1 Å². The Balaban J connectivity index is 1.78. The van der Waals surface area contributed by atoms with Crippen LogP contribution in [0, 0.1) is 12.7 Å². The van der Waals surface area contributed by atoms with Crippen molar-refractivity contribution in [3.05, 3.63) is 71.2 Å². The number of aromatic nitrogens is 1. The van der Waals surface area contributed by atoms with E-state index in [-0.39, 0.29) is 17.8 Å². The van der Waals surface area contributed by atoms with Gasteiger partial charge < -0.3 is 19.5 Å². The van der Waals surface area contributed by atoms with E-state index in [1.807, 2.05) is 43.3 Å². The Morgan fingerprint density at radius 2 is 1.83 bits per heavy atom. The number of rotatable bonds is 7. The highest BCUT2D eigenvalue weighted by Crippen LogP contribution is 2.26. The maximum Gasteiger partial charge on any atom is 0.257 e. The zero-order chi connectivity index (χ0) is 21.0. The largest absolute Gasteiger partial charge is 0.497 e. The summed E-state index contributed by atoms with van der Waals surface area (Å²) in [6.07, 6.45) is 0. The highest BCUT2D eigenvalue weighted by molar-refractivity contribution is 6.00. The van der Waals surface area contributed by atoms with E-state index in [4.69, 9.17) is 9.26 Å². The van der Waals surface area contributed by atoms with Crippen LogP contribution >= 0.6 is 0 Å². The predicted molar refractivity (Wildman–Crippen MR) is 108 cm³/mol. The highest BCUT2D eigenvalue weighted by Gasteiger charge is 2.23. The average molecular weight is 397 g/mol. The summed E-state index contributed by atoms with van der Waals surface area (Å²) >= 11 is 0. The number of ether oxygens (including phenoxy) is 1. The second kappa shape index (κ2) is 8.87. The van der Waals surface area contributed by atoms with Crippen LogP contribution in [0.3, 0.4) is 0 Å². The fourth-order valence-corrected chi connectivity index (χ4v) is 3.15. The number of methoxy groups -OCH3 is 1. The van der Waals surface area contributed by atoms with Crippen molar-refractivity contribution in [2.75, 3.05) is 27.7 Å². The molecule has 152 valence electrons. The zero-order valence-electron chi connectivity index (χ0n) is 16.9. The van der Waals surface area contributed by atoms with Gasteiger partial charge in [0.15, 0.2) is 0 Å². The van der Waals surface area contributed by atoms with Crippen molar-refractivity contribution in [2.24, 2.45) is 0 Å². The Bertz CT molecular complexity index is 966. The minimum atomic E-state index is -0.353. The molecule has 1 aromatic heterocycles. The quantitative estimate of drug-likeness (QED) is 0.656. The second-order valence-electron chi connectivity index (χ2n) is 6.93. The van der Waals surface area contributed by atoms with Crippen LogP contribution in [0.2, 0.25) is 0 Å². The van der Waals surface area contributed by atoms with E-state index < -0.39 is 0 Å². The van der Waals surface area contributed by atoms with Gasteiger partial charge in [-0.05, 0) is 63.0 Å². The number of carbonyl (C=O) groups is 1. The normalized spacial score (nSPS) is 12.1. The molecule has 0 aliphatic heterocycles. The predicted octanol–water partition coefficient (Wildman–Crippen LogP) is 3.83. The molecule has 0 aliphatic rings. The summed E-state index contributed by atoms with van der Waals surface area (Å²) in [5, 5.41) is 6.96. The molecule has 29 heavy (non-hydrogen) atoms. The lowest BCUT2D eigenvalue weighted by Crippen LogP contribution is -2.34. The smallest absolute Gasteiger partial charge is 0.257 e. The third kappa shape index (κ3) is 4.63. The first-order valence-corrected chi connectivity index (χ1v) is 9.21. The van der Waals surface area contributed by atoms with Crippen molar-refractivity contribution >= 4 is 5.91 Å². The minimum Gasteiger partial charge on any atom is -0.497 e. The number of hydrogen-bond donors (Lipinski definition) is 1. The third-order valence-corrected chi connectivity index (χ3v) is 4.79. The summed E-state index contributed by atoms with van der Waals surface area (Å²) in [4.78, 5) is 15.0. The summed E-state index contributed by atoms with van der Waals surface area (Å²) in [6, 6.07) is 13.5. The number of hydrogen-bond acceptors (Lipinski definition) is 5. The number of carbonyl (C=O) groups excluding carboxylic acids is 1. The lowest BCUT2D eigenvalue weighted by atomic mass is 10.0. The maximum absolute atomic E-state index is 13.2. The monoisotopic (exact) mass is 397 g/mol. The highest BCUT2D eigenvalue weighted by atomic mass is 19.1. The Labute approximate surface area is 169 Å². The van der Waals surface area contributed by atoms with Crippen LogP contribution in [0.5, 0.6) is 5.75 Å². The molecule has 0 fully saturated rings. The molecule has 1 amide bonds. The number of likely N-dealkylation sites (N-methyl/N-ethyl adjacent to an activating group) is 1. The van der Waals surface area contributed by atoms with E-state index in [2.05, 4.69) is 10.5 Å². The molecule has 6 nitrogen and oxygen atoms in total. The molecule has 0 bridgehead atoms. The van der Waals surface area contributed by atoms with E-state index >= 15 is 0 Å². The fraction of sp³-hybridized carbons (Fsp3) is 0.273. The first-order valence-electron chi connectivity index (χ1n) is 9.21. The fourth-order valence-electron chi connectivity index (χ4n) is 3.15. The number of halogens is 1. The summed E-state index contributed by atoms with van der Waals surface area (Å²) in [7, 11) is 5.53. The van der Waals surface area contributed by atoms with Crippen molar-refractivity contribution in [2.45, 2.75) is 13.0 Å². The Kier molecular flexibility index (Phi) is 6.29. The van der Waals surface area contributed by atoms with Gasteiger partial charge in [0.25, 0.3) is 5.91 Å². The van der Waals surface area contributed by atoms with Gasteiger partial charge in [-0.2, -0.15) is 0 Å². The summed E-state index contributed by atoms with van der Waals surface area (Å²) < 4.78 is 23.7. The van der Waals surface area contributed by atoms with Crippen molar-refractivity contribution in [1.29, 1.82) is 0 Å². The Hall–Kier alpha value is -3.19. The van der Waals surface area contributed by atoms with E-state index in [0.29, 0.717) is 29.1 Å². The summed E-state index contributed by atoms with van der Waals surface area (Å²) in [6.45, 7) is 2.08. The molecule has 7 heteroatoms. The number of benzene rings is 2. The standard InChI is InChI=1S/C22H24FN3O3/c1-14-20(21(25-29-14)16-5-9-17(23)10-6-16)22(27)24-13-19(26(2)3)15-7-11-18(28-4)12-8-15/h5-12,19H,13H2,1-4H3,(H,24,27)/t19-/m0/s1.